The molecule has 0 atom stereocenters. The number of hydrogen-bond donors (Lipinski definition) is 0. The molecule has 0 saturated heterocycles. The van der Waals surface area contributed by atoms with Gasteiger partial charge in [0.25, 0.3) is 0 Å². The van der Waals surface area contributed by atoms with Gasteiger partial charge >= 0.3 is 0 Å². The summed E-state index contributed by atoms with van der Waals surface area (Å²) in [5.74, 6) is 0. The Morgan fingerprint density at radius 3 is 2.75 bits per heavy atom. The zero-order valence-corrected chi connectivity index (χ0v) is 13.0. The molecule has 2 aromatic carbocycles. The van der Waals surface area contributed by atoms with Crippen molar-refractivity contribution in [3.63, 3.8) is 0 Å². The van der Waals surface area contributed by atoms with Gasteiger partial charge in [0.2, 0.25) is 0 Å². The number of aromatic nitrogens is 2. The standard InChI is InChI=1S/C21H13N3/c22-12-16-4-1-3-13-8-9-18-17(19(13)16)11-15-7-6-14-5-2-10-23-20(14)21(15)24-18/h1-7,10-11H,8-9H2. The van der Waals surface area contributed by atoms with Gasteiger partial charge in [0, 0.05) is 33.8 Å². The number of rotatable bonds is 0. The quantitative estimate of drug-likeness (QED) is 0.452. The van der Waals surface area contributed by atoms with Crippen LogP contribution in [0.2, 0.25) is 0 Å². The van der Waals surface area contributed by atoms with Gasteiger partial charge in [-0.05, 0) is 36.6 Å². The van der Waals surface area contributed by atoms with Crippen molar-refractivity contribution in [1.82, 2.24) is 9.97 Å². The molecule has 3 nitrogen and oxygen atoms in total. The minimum absolute atomic E-state index is 0.730. The molecule has 0 bridgehead atoms. The van der Waals surface area contributed by atoms with E-state index >= 15 is 0 Å². The van der Waals surface area contributed by atoms with E-state index in [0.717, 1.165) is 57.0 Å². The third-order valence-corrected chi connectivity index (χ3v) is 4.81. The van der Waals surface area contributed by atoms with Crippen LogP contribution in [0.5, 0.6) is 0 Å². The number of aryl methyl sites for hydroxylation is 2. The normalized spacial score (nSPS) is 12.6. The molecule has 0 spiro atoms. The Kier molecular flexibility index (Phi) is 2.68. The monoisotopic (exact) mass is 307 g/mol. The highest BCUT2D eigenvalue weighted by Gasteiger charge is 2.21. The first kappa shape index (κ1) is 13.2. The second kappa shape index (κ2) is 4.87. The first-order valence-corrected chi connectivity index (χ1v) is 8.05. The number of fused-ring (bicyclic) bond motifs is 6. The number of nitrogens with zero attached hydrogens (tertiary/aromatic N) is 3. The van der Waals surface area contributed by atoms with Crippen molar-refractivity contribution in [3.8, 4) is 17.2 Å². The summed E-state index contributed by atoms with van der Waals surface area (Å²) in [6, 6.07) is 18.7. The molecule has 2 heterocycles. The highest BCUT2D eigenvalue weighted by atomic mass is 14.8. The summed E-state index contributed by atoms with van der Waals surface area (Å²) in [5, 5.41) is 11.7. The van der Waals surface area contributed by atoms with Crippen LogP contribution in [-0.2, 0) is 12.8 Å². The summed E-state index contributed by atoms with van der Waals surface area (Å²) in [6.45, 7) is 0. The van der Waals surface area contributed by atoms with Crippen molar-refractivity contribution in [2.24, 2.45) is 0 Å². The summed E-state index contributed by atoms with van der Waals surface area (Å²) in [5.41, 5.74) is 7.07. The Labute approximate surface area is 139 Å². The van der Waals surface area contributed by atoms with Crippen LogP contribution in [0.15, 0.2) is 54.7 Å². The van der Waals surface area contributed by atoms with Crippen LogP contribution in [0, 0.1) is 11.3 Å². The van der Waals surface area contributed by atoms with Crippen LogP contribution in [0.1, 0.15) is 16.8 Å². The maximum Gasteiger partial charge on any atom is 0.0998 e. The van der Waals surface area contributed by atoms with Gasteiger partial charge in [0.1, 0.15) is 0 Å². The van der Waals surface area contributed by atoms with E-state index in [1.54, 1.807) is 0 Å². The fraction of sp³-hybridized carbons (Fsp3) is 0.0952. The zero-order valence-electron chi connectivity index (χ0n) is 13.0. The van der Waals surface area contributed by atoms with Crippen LogP contribution >= 0.6 is 0 Å². The molecule has 24 heavy (non-hydrogen) atoms. The predicted molar refractivity (Wildman–Crippen MR) is 94.6 cm³/mol. The van der Waals surface area contributed by atoms with Crippen molar-refractivity contribution < 1.29 is 0 Å². The third-order valence-electron chi connectivity index (χ3n) is 4.81. The fourth-order valence-corrected chi connectivity index (χ4v) is 3.69. The number of pyridine rings is 2. The van der Waals surface area contributed by atoms with Gasteiger partial charge in [-0.2, -0.15) is 5.26 Å². The molecule has 2 aromatic heterocycles. The smallest absolute Gasteiger partial charge is 0.0998 e. The van der Waals surface area contributed by atoms with E-state index in [-0.39, 0.29) is 0 Å². The lowest BCUT2D eigenvalue weighted by Gasteiger charge is -2.21. The van der Waals surface area contributed by atoms with Crippen molar-refractivity contribution in [3.05, 3.63) is 71.5 Å². The van der Waals surface area contributed by atoms with Gasteiger partial charge in [0.15, 0.2) is 0 Å². The van der Waals surface area contributed by atoms with E-state index in [1.807, 2.05) is 24.4 Å². The first-order chi connectivity index (χ1) is 11.8. The lowest BCUT2D eigenvalue weighted by atomic mass is 9.85. The van der Waals surface area contributed by atoms with Crippen molar-refractivity contribution >= 4 is 21.8 Å². The van der Waals surface area contributed by atoms with Crippen LogP contribution < -0.4 is 0 Å². The van der Waals surface area contributed by atoms with Crippen LogP contribution in [-0.4, -0.2) is 9.97 Å². The molecule has 3 heteroatoms. The molecule has 0 fully saturated rings. The first-order valence-electron chi connectivity index (χ1n) is 8.05. The molecular weight excluding hydrogens is 294 g/mol. The molecule has 1 aliphatic carbocycles. The summed E-state index contributed by atoms with van der Waals surface area (Å²) in [4.78, 5) is 9.47. The van der Waals surface area contributed by atoms with E-state index < -0.39 is 0 Å². The lowest BCUT2D eigenvalue weighted by Crippen LogP contribution is -2.08. The summed E-state index contributed by atoms with van der Waals surface area (Å²) in [7, 11) is 0. The molecule has 1 aliphatic rings. The second-order valence-corrected chi connectivity index (χ2v) is 6.15. The maximum atomic E-state index is 9.49. The van der Waals surface area contributed by atoms with E-state index in [1.165, 1.54) is 5.56 Å². The third kappa shape index (κ3) is 1.77. The molecule has 0 saturated carbocycles. The number of benzene rings is 2. The molecule has 5 rings (SSSR count). The number of hydrogen-bond acceptors (Lipinski definition) is 3. The summed E-state index contributed by atoms with van der Waals surface area (Å²) in [6.07, 6.45) is 3.64. The van der Waals surface area contributed by atoms with Gasteiger partial charge in [-0.25, -0.2) is 4.98 Å². The van der Waals surface area contributed by atoms with Crippen LogP contribution in [0.3, 0.4) is 0 Å². The minimum atomic E-state index is 0.730. The van der Waals surface area contributed by atoms with Crippen molar-refractivity contribution in [2.45, 2.75) is 12.8 Å². The largest absolute Gasteiger partial charge is 0.254 e. The molecule has 0 unspecified atom stereocenters. The van der Waals surface area contributed by atoms with Crippen LogP contribution in [0.4, 0.5) is 0 Å². The fourth-order valence-electron chi connectivity index (χ4n) is 3.69. The van der Waals surface area contributed by atoms with E-state index in [2.05, 4.69) is 41.4 Å². The van der Waals surface area contributed by atoms with E-state index in [4.69, 9.17) is 4.98 Å². The Bertz CT molecular complexity index is 1170. The highest BCUT2D eigenvalue weighted by molar-refractivity contribution is 6.04. The Morgan fingerprint density at radius 1 is 0.917 bits per heavy atom. The van der Waals surface area contributed by atoms with Gasteiger partial charge in [-0.15, -0.1) is 0 Å². The Morgan fingerprint density at radius 2 is 1.83 bits per heavy atom. The van der Waals surface area contributed by atoms with Crippen molar-refractivity contribution in [1.29, 1.82) is 5.26 Å². The van der Waals surface area contributed by atoms with Gasteiger partial charge in [0.05, 0.1) is 22.7 Å². The molecule has 0 amide bonds. The summed E-state index contributed by atoms with van der Waals surface area (Å²) >= 11 is 0. The zero-order chi connectivity index (χ0) is 16.1. The molecule has 0 aliphatic heterocycles. The summed E-state index contributed by atoms with van der Waals surface area (Å²) < 4.78 is 0. The lowest BCUT2D eigenvalue weighted by molar-refractivity contribution is 0.904. The second-order valence-electron chi connectivity index (χ2n) is 6.15. The molecule has 0 N–H and O–H groups in total. The maximum absolute atomic E-state index is 9.49. The van der Waals surface area contributed by atoms with Gasteiger partial charge < -0.3 is 0 Å². The average molecular weight is 307 g/mol. The molecule has 112 valence electrons. The van der Waals surface area contributed by atoms with Gasteiger partial charge in [-0.1, -0.05) is 30.3 Å². The molecular formula is C21H13N3. The Hall–Kier alpha value is -3.25. The van der Waals surface area contributed by atoms with Crippen LogP contribution in [0.25, 0.3) is 32.9 Å². The highest BCUT2D eigenvalue weighted by Crippen LogP contribution is 2.37. The Balaban J connectivity index is 1.88. The molecule has 4 aromatic rings. The van der Waals surface area contributed by atoms with Gasteiger partial charge in [-0.3, -0.25) is 4.98 Å². The SMILES string of the molecule is N#Cc1cccc2c1-c1cc3ccc4cccnc4c3nc1CC2. The molecule has 0 radical (unpaired) electrons. The topological polar surface area (TPSA) is 49.6 Å². The average Bonchev–Trinajstić information content (AvgIpc) is 2.65. The predicted octanol–water partition coefficient (Wildman–Crippen LogP) is 4.42. The van der Waals surface area contributed by atoms with E-state index in [9.17, 15) is 5.26 Å². The van der Waals surface area contributed by atoms with Crippen molar-refractivity contribution in [2.75, 3.05) is 0 Å². The number of nitriles is 1. The van der Waals surface area contributed by atoms with E-state index in [0.29, 0.717) is 0 Å². The minimum Gasteiger partial charge on any atom is -0.254 e.